The van der Waals surface area contributed by atoms with E-state index in [0.29, 0.717) is 29.3 Å². The summed E-state index contributed by atoms with van der Waals surface area (Å²) >= 11 is 0. The van der Waals surface area contributed by atoms with Crippen molar-refractivity contribution >= 4 is 9.84 Å². The predicted molar refractivity (Wildman–Crippen MR) is 64.5 cm³/mol. The summed E-state index contributed by atoms with van der Waals surface area (Å²) in [5, 5.41) is 0. The highest BCUT2D eigenvalue weighted by atomic mass is 32.2. The van der Waals surface area contributed by atoms with Crippen LogP contribution in [0.4, 0.5) is 0 Å². The van der Waals surface area contributed by atoms with Gasteiger partial charge in [-0.1, -0.05) is 34.6 Å². The number of sulfone groups is 1. The summed E-state index contributed by atoms with van der Waals surface area (Å²) in [5.74, 6) is 2.25. The lowest BCUT2D eigenvalue weighted by Gasteiger charge is -2.42. The van der Waals surface area contributed by atoms with Gasteiger partial charge in [0.05, 0.1) is 11.5 Å². The van der Waals surface area contributed by atoms with Crippen molar-refractivity contribution in [3.05, 3.63) is 0 Å². The van der Waals surface area contributed by atoms with Gasteiger partial charge in [-0.05, 0) is 29.6 Å². The molecule has 2 atom stereocenters. The SMILES string of the molecule is CC(C)C1CCS(=O)(=O)CC1C(C)(C)C. The first-order chi connectivity index (χ1) is 6.63. The van der Waals surface area contributed by atoms with Crippen molar-refractivity contribution in [2.75, 3.05) is 11.5 Å². The lowest BCUT2D eigenvalue weighted by Crippen LogP contribution is -2.42. The van der Waals surface area contributed by atoms with Gasteiger partial charge in [0.1, 0.15) is 0 Å². The van der Waals surface area contributed by atoms with Crippen LogP contribution in [0.5, 0.6) is 0 Å². The molecule has 1 saturated heterocycles. The Balaban J connectivity index is 2.93. The first kappa shape index (κ1) is 13.0. The Bertz CT molecular complexity index is 309. The number of hydrogen-bond acceptors (Lipinski definition) is 2. The van der Waals surface area contributed by atoms with Crippen LogP contribution >= 0.6 is 0 Å². The molecule has 2 nitrogen and oxygen atoms in total. The van der Waals surface area contributed by atoms with Crippen molar-refractivity contribution in [3.8, 4) is 0 Å². The molecule has 3 heteroatoms. The molecule has 0 saturated carbocycles. The van der Waals surface area contributed by atoms with Crippen LogP contribution in [-0.4, -0.2) is 19.9 Å². The maximum absolute atomic E-state index is 11.7. The molecule has 15 heavy (non-hydrogen) atoms. The zero-order valence-electron chi connectivity index (χ0n) is 10.6. The molecule has 0 aromatic rings. The van der Waals surface area contributed by atoms with Gasteiger partial charge in [0.15, 0.2) is 9.84 Å². The smallest absolute Gasteiger partial charge is 0.150 e. The number of rotatable bonds is 1. The third-order valence-electron chi connectivity index (χ3n) is 3.68. The van der Waals surface area contributed by atoms with Gasteiger partial charge in [0.25, 0.3) is 0 Å². The van der Waals surface area contributed by atoms with Gasteiger partial charge in [-0.15, -0.1) is 0 Å². The molecule has 0 aromatic carbocycles. The summed E-state index contributed by atoms with van der Waals surface area (Å²) in [4.78, 5) is 0. The largest absolute Gasteiger partial charge is 0.229 e. The normalized spacial score (nSPS) is 31.9. The van der Waals surface area contributed by atoms with Crippen molar-refractivity contribution < 1.29 is 8.42 Å². The Hall–Kier alpha value is -0.0500. The second kappa shape index (κ2) is 4.08. The fourth-order valence-electron chi connectivity index (χ4n) is 2.69. The predicted octanol–water partition coefficient (Wildman–Crippen LogP) is 2.74. The van der Waals surface area contributed by atoms with Gasteiger partial charge in [-0.3, -0.25) is 0 Å². The van der Waals surface area contributed by atoms with Gasteiger partial charge >= 0.3 is 0 Å². The molecule has 1 aliphatic rings. The second-order valence-electron chi connectivity index (χ2n) is 6.28. The average Bonchev–Trinajstić information content (AvgIpc) is 2.00. The summed E-state index contributed by atoms with van der Waals surface area (Å²) in [6.07, 6.45) is 0.849. The van der Waals surface area contributed by atoms with E-state index < -0.39 is 9.84 Å². The number of hydrogen-bond donors (Lipinski definition) is 0. The zero-order valence-corrected chi connectivity index (χ0v) is 11.4. The van der Waals surface area contributed by atoms with Gasteiger partial charge in [0, 0.05) is 0 Å². The molecule has 0 aromatic heterocycles. The highest BCUT2D eigenvalue weighted by molar-refractivity contribution is 7.91. The first-order valence-electron chi connectivity index (χ1n) is 5.84. The van der Waals surface area contributed by atoms with Gasteiger partial charge < -0.3 is 0 Å². The highest BCUT2D eigenvalue weighted by Crippen LogP contribution is 2.41. The lowest BCUT2D eigenvalue weighted by atomic mass is 9.69. The molecular weight excluding hydrogens is 208 g/mol. The highest BCUT2D eigenvalue weighted by Gasteiger charge is 2.40. The molecule has 1 aliphatic heterocycles. The molecule has 1 heterocycles. The van der Waals surface area contributed by atoms with E-state index >= 15 is 0 Å². The van der Waals surface area contributed by atoms with Crippen LogP contribution in [0.2, 0.25) is 0 Å². The topological polar surface area (TPSA) is 34.1 Å². The van der Waals surface area contributed by atoms with Gasteiger partial charge in [0.2, 0.25) is 0 Å². The van der Waals surface area contributed by atoms with Gasteiger partial charge in [-0.2, -0.15) is 0 Å². The molecular formula is C12H24O2S. The second-order valence-corrected chi connectivity index (χ2v) is 8.51. The van der Waals surface area contributed by atoms with E-state index in [9.17, 15) is 8.42 Å². The molecule has 90 valence electrons. The van der Waals surface area contributed by atoms with Crippen LogP contribution in [0.3, 0.4) is 0 Å². The molecule has 2 unspecified atom stereocenters. The molecule has 1 rings (SSSR count). The summed E-state index contributed by atoms with van der Waals surface area (Å²) < 4.78 is 23.4. The van der Waals surface area contributed by atoms with Crippen molar-refractivity contribution in [2.24, 2.45) is 23.2 Å². The van der Waals surface area contributed by atoms with Crippen LogP contribution in [0, 0.1) is 23.2 Å². The maximum Gasteiger partial charge on any atom is 0.150 e. The van der Waals surface area contributed by atoms with Crippen LogP contribution in [-0.2, 0) is 9.84 Å². The quantitative estimate of drug-likeness (QED) is 0.696. The fourth-order valence-corrected chi connectivity index (χ4v) is 4.78. The minimum atomic E-state index is -2.78. The van der Waals surface area contributed by atoms with E-state index in [4.69, 9.17) is 0 Å². The Morgan fingerprint density at radius 1 is 1.20 bits per heavy atom. The molecule has 0 radical (unpaired) electrons. The van der Waals surface area contributed by atoms with E-state index in [1.54, 1.807) is 0 Å². The summed E-state index contributed by atoms with van der Waals surface area (Å²) in [6.45, 7) is 10.9. The minimum Gasteiger partial charge on any atom is -0.229 e. The molecule has 0 spiro atoms. The first-order valence-corrected chi connectivity index (χ1v) is 7.66. The Kier molecular flexibility index (Phi) is 3.54. The third-order valence-corrected chi connectivity index (χ3v) is 5.41. The molecule has 1 fully saturated rings. The minimum absolute atomic E-state index is 0.0996. The Morgan fingerprint density at radius 2 is 1.73 bits per heavy atom. The zero-order chi connectivity index (χ0) is 11.9. The van der Waals surface area contributed by atoms with Crippen LogP contribution < -0.4 is 0 Å². The molecule has 0 aliphatic carbocycles. The van der Waals surface area contributed by atoms with E-state index in [-0.39, 0.29) is 5.41 Å². The molecule has 0 N–H and O–H groups in total. The molecule has 0 amide bonds. The van der Waals surface area contributed by atoms with Crippen molar-refractivity contribution in [1.29, 1.82) is 0 Å². The van der Waals surface area contributed by atoms with E-state index in [1.807, 2.05) is 0 Å². The standard InChI is InChI=1S/C12H24O2S/c1-9(2)10-6-7-15(13,14)8-11(10)12(3,4)5/h9-11H,6-8H2,1-5H3. The average molecular weight is 232 g/mol. The van der Waals surface area contributed by atoms with E-state index in [0.717, 1.165) is 6.42 Å². The van der Waals surface area contributed by atoms with Crippen molar-refractivity contribution in [3.63, 3.8) is 0 Å². The van der Waals surface area contributed by atoms with Gasteiger partial charge in [-0.25, -0.2) is 8.42 Å². The fraction of sp³-hybridized carbons (Fsp3) is 1.00. The van der Waals surface area contributed by atoms with Crippen LogP contribution in [0.25, 0.3) is 0 Å². The molecule has 0 bridgehead atoms. The maximum atomic E-state index is 11.7. The van der Waals surface area contributed by atoms with Crippen LogP contribution in [0.1, 0.15) is 41.0 Å². The Labute approximate surface area is 94.4 Å². The third kappa shape index (κ3) is 3.20. The Morgan fingerprint density at radius 3 is 2.13 bits per heavy atom. The summed E-state index contributed by atoms with van der Waals surface area (Å²) in [5.41, 5.74) is 0.0996. The summed E-state index contributed by atoms with van der Waals surface area (Å²) in [6, 6.07) is 0. The summed E-state index contributed by atoms with van der Waals surface area (Å²) in [7, 11) is -2.78. The van der Waals surface area contributed by atoms with Crippen molar-refractivity contribution in [2.45, 2.75) is 41.0 Å². The lowest BCUT2D eigenvalue weighted by molar-refractivity contribution is 0.131. The van der Waals surface area contributed by atoms with Crippen molar-refractivity contribution in [1.82, 2.24) is 0 Å². The van der Waals surface area contributed by atoms with Crippen LogP contribution in [0.15, 0.2) is 0 Å². The van der Waals surface area contributed by atoms with E-state index in [2.05, 4.69) is 34.6 Å². The monoisotopic (exact) mass is 232 g/mol. The van der Waals surface area contributed by atoms with E-state index in [1.165, 1.54) is 0 Å².